The molecule has 4 rings (SSSR count). The Hall–Kier alpha value is -4.03. The van der Waals surface area contributed by atoms with Crippen molar-refractivity contribution in [3.63, 3.8) is 0 Å². The quantitative estimate of drug-likeness (QED) is 0.596. The van der Waals surface area contributed by atoms with E-state index >= 15 is 0 Å². The van der Waals surface area contributed by atoms with Gasteiger partial charge in [0.2, 0.25) is 0 Å². The summed E-state index contributed by atoms with van der Waals surface area (Å²) in [5, 5.41) is 9.86. The van der Waals surface area contributed by atoms with E-state index in [1.807, 2.05) is 6.07 Å². The van der Waals surface area contributed by atoms with Crippen LogP contribution >= 0.6 is 11.3 Å². The molecule has 2 N–H and O–H groups in total. The zero-order chi connectivity index (χ0) is 23.7. The van der Waals surface area contributed by atoms with Gasteiger partial charge in [0, 0.05) is 11.1 Å². The molecule has 166 valence electrons. The molecule has 1 aliphatic heterocycles. The van der Waals surface area contributed by atoms with E-state index in [1.165, 1.54) is 42.5 Å². The molecule has 0 saturated heterocycles. The third-order valence-electron chi connectivity index (χ3n) is 5.17. The van der Waals surface area contributed by atoms with E-state index in [4.69, 9.17) is 10.5 Å². The van der Waals surface area contributed by atoms with Crippen molar-refractivity contribution in [2.24, 2.45) is 5.73 Å². The van der Waals surface area contributed by atoms with Crippen LogP contribution in [0.25, 0.3) is 17.5 Å². The number of thiazole rings is 1. The molecule has 2 heterocycles. The fourth-order valence-corrected chi connectivity index (χ4v) is 4.86. The van der Waals surface area contributed by atoms with Crippen LogP contribution in [0.2, 0.25) is 0 Å². The van der Waals surface area contributed by atoms with E-state index in [2.05, 4.69) is 0 Å². The normalized spacial score (nSPS) is 15.9. The van der Waals surface area contributed by atoms with E-state index in [9.17, 15) is 23.6 Å². The first-order valence-corrected chi connectivity index (χ1v) is 10.7. The average Bonchev–Trinajstić information content (AvgIpc) is 3.11. The summed E-state index contributed by atoms with van der Waals surface area (Å²) < 4.78 is 35.4. The van der Waals surface area contributed by atoms with Crippen LogP contribution in [-0.4, -0.2) is 17.1 Å². The summed E-state index contributed by atoms with van der Waals surface area (Å²) in [5.41, 5.74) is 5.55. The molecule has 33 heavy (non-hydrogen) atoms. The number of aromatic nitrogens is 1. The third-order valence-corrected chi connectivity index (χ3v) is 6.28. The highest BCUT2D eigenvalue weighted by Gasteiger charge is 2.37. The number of esters is 1. The summed E-state index contributed by atoms with van der Waals surface area (Å²) in [5.74, 6) is -3.38. The van der Waals surface area contributed by atoms with Crippen LogP contribution < -0.4 is 20.5 Å². The number of hydrogen-bond acceptors (Lipinski definition) is 6. The number of carbonyl (C=O) groups is 1. The van der Waals surface area contributed by atoms with Gasteiger partial charge in [-0.1, -0.05) is 36.4 Å². The monoisotopic (exact) mass is 465 g/mol. The second kappa shape index (κ2) is 8.84. The van der Waals surface area contributed by atoms with E-state index in [0.717, 1.165) is 15.9 Å². The molecule has 0 spiro atoms. The number of hydrogen-bond donors (Lipinski definition) is 1. The standard InChI is InChI=1S/C24H17F2N3O3S/c1-2-32-24(31)20-19(14-8-4-6-10-17(14)26)15(12-27)21(28)29-22(30)18(33-23(20)29)11-13-7-3-5-9-16(13)25/h3-11,19H,2,28H2,1H3/b18-11+/t19-/m0/s1. The molecule has 1 aliphatic rings. The summed E-state index contributed by atoms with van der Waals surface area (Å²) in [6, 6.07) is 13.5. The Kier molecular flexibility index (Phi) is 5.94. The first-order chi connectivity index (χ1) is 15.9. The summed E-state index contributed by atoms with van der Waals surface area (Å²) in [6.45, 7) is 1.63. The number of benzene rings is 2. The molecule has 1 atom stereocenters. The molecule has 9 heteroatoms. The van der Waals surface area contributed by atoms with Crippen molar-refractivity contribution in [1.82, 2.24) is 4.57 Å². The Morgan fingerprint density at radius 2 is 1.88 bits per heavy atom. The van der Waals surface area contributed by atoms with Crippen LogP contribution in [0.1, 0.15) is 24.0 Å². The smallest absolute Gasteiger partial charge is 0.338 e. The Bertz CT molecular complexity index is 1530. The fourth-order valence-electron chi connectivity index (χ4n) is 3.71. The first-order valence-electron chi connectivity index (χ1n) is 9.93. The largest absolute Gasteiger partial charge is 0.463 e. The zero-order valence-electron chi connectivity index (χ0n) is 17.3. The first kappa shape index (κ1) is 22.2. The summed E-state index contributed by atoms with van der Waals surface area (Å²) in [6.07, 6.45) is 1.34. The molecule has 0 bridgehead atoms. The van der Waals surface area contributed by atoms with Crippen molar-refractivity contribution in [1.29, 1.82) is 5.26 Å². The Morgan fingerprint density at radius 3 is 2.52 bits per heavy atom. The van der Waals surface area contributed by atoms with Gasteiger partial charge in [-0.25, -0.2) is 13.6 Å². The number of fused-ring (bicyclic) bond motifs is 1. The van der Waals surface area contributed by atoms with Crippen LogP contribution in [-0.2, 0) is 9.53 Å². The van der Waals surface area contributed by atoms with Gasteiger partial charge in [-0.15, -0.1) is 11.3 Å². The maximum atomic E-state index is 14.8. The SMILES string of the molecule is CCOC(=O)C1=c2s/c(=C/c3ccccc3F)c(=O)n2C(N)=C(C#N)[C@@H]1c1ccccc1F. The van der Waals surface area contributed by atoms with Crippen molar-refractivity contribution < 1.29 is 18.3 Å². The molecule has 0 saturated carbocycles. The predicted octanol–water partition coefficient (Wildman–Crippen LogP) is 2.18. The van der Waals surface area contributed by atoms with Crippen LogP contribution in [0.3, 0.4) is 0 Å². The Balaban J connectivity index is 2.14. The topological polar surface area (TPSA) is 98.1 Å². The maximum Gasteiger partial charge on any atom is 0.338 e. The molecule has 0 amide bonds. The van der Waals surface area contributed by atoms with Crippen LogP contribution in [0.5, 0.6) is 0 Å². The zero-order valence-corrected chi connectivity index (χ0v) is 18.2. The Labute approximate surface area is 190 Å². The van der Waals surface area contributed by atoms with Crippen molar-refractivity contribution in [2.45, 2.75) is 12.8 Å². The molecule has 3 aromatic rings. The van der Waals surface area contributed by atoms with E-state index in [1.54, 1.807) is 19.1 Å². The van der Waals surface area contributed by atoms with Gasteiger partial charge in [0.05, 0.1) is 34.3 Å². The van der Waals surface area contributed by atoms with Gasteiger partial charge in [-0.2, -0.15) is 5.26 Å². The molecule has 0 unspecified atom stereocenters. The average molecular weight is 465 g/mol. The number of rotatable bonds is 4. The lowest BCUT2D eigenvalue weighted by Gasteiger charge is -2.24. The van der Waals surface area contributed by atoms with Gasteiger partial charge in [-0.05, 0) is 25.1 Å². The molecule has 0 radical (unpaired) electrons. The molecule has 0 aliphatic carbocycles. The molecular formula is C24H17F2N3O3S. The summed E-state index contributed by atoms with van der Waals surface area (Å²) in [4.78, 5) is 26.2. The number of carbonyl (C=O) groups excluding carboxylic acids is 1. The number of nitrogens with zero attached hydrogens (tertiary/aromatic N) is 2. The van der Waals surface area contributed by atoms with Crippen molar-refractivity contribution >= 4 is 34.8 Å². The second-order valence-corrected chi connectivity index (χ2v) is 8.11. The minimum absolute atomic E-state index is 0.0250. The van der Waals surface area contributed by atoms with E-state index in [0.29, 0.717) is 0 Å². The lowest BCUT2D eigenvalue weighted by atomic mass is 9.83. The third kappa shape index (κ3) is 3.75. The number of allylic oxidation sites excluding steroid dienone is 1. The second-order valence-electron chi connectivity index (χ2n) is 7.08. The molecule has 2 aromatic carbocycles. The Morgan fingerprint density at radius 1 is 1.21 bits per heavy atom. The minimum Gasteiger partial charge on any atom is -0.463 e. The number of ether oxygens (including phenoxy) is 1. The molecule has 1 aromatic heterocycles. The molecule has 6 nitrogen and oxygen atoms in total. The van der Waals surface area contributed by atoms with Gasteiger partial charge in [-0.3, -0.25) is 9.36 Å². The van der Waals surface area contributed by atoms with Crippen molar-refractivity contribution in [3.8, 4) is 6.07 Å². The maximum absolute atomic E-state index is 14.8. The van der Waals surface area contributed by atoms with E-state index in [-0.39, 0.29) is 43.9 Å². The number of halogens is 2. The van der Waals surface area contributed by atoms with Crippen molar-refractivity contribution in [2.75, 3.05) is 6.61 Å². The van der Waals surface area contributed by atoms with Gasteiger partial charge < -0.3 is 10.5 Å². The van der Waals surface area contributed by atoms with Crippen LogP contribution in [0.15, 0.2) is 58.9 Å². The molecular weight excluding hydrogens is 448 g/mol. The van der Waals surface area contributed by atoms with Crippen molar-refractivity contribution in [3.05, 3.63) is 96.4 Å². The lowest BCUT2D eigenvalue weighted by molar-refractivity contribution is -0.136. The van der Waals surface area contributed by atoms with Gasteiger partial charge in [0.1, 0.15) is 22.1 Å². The highest BCUT2D eigenvalue weighted by molar-refractivity contribution is 7.07. The summed E-state index contributed by atoms with van der Waals surface area (Å²) in [7, 11) is 0. The molecule has 0 fully saturated rings. The summed E-state index contributed by atoms with van der Waals surface area (Å²) >= 11 is 0.893. The highest BCUT2D eigenvalue weighted by Crippen LogP contribution is 2.37. The predicted molar refractivity (Wildman–Crippen MR) is 120 cm³/mol. The van der Waals surface area contributed by atoms with Gasteiger partial charge in [0.15, 0.2) is 0 Å². The van der Waals surface area contributed by atoms with Crippen LogP contribution in [0.4, 0.5) is 8.78 Å². The van der Waals surface area contributed by atoms with Gasteiger partial charge in [0.25, 0.3) is 5.56 Å². The van der Waals surface area contributed by atoms with E-state index < -0.39 is 29.1 Å². The highest BCUT2D eigenvalue weighted by atomic mass is 32.1. The lowest BCUT2D eigenvalue weighted by Crippen LogP contribution is -2.40. The number of nitrogens with two attached hydrogens (primary N) is 1. The minimum atomic E-state index is -1.17. The van der Waals surface area contributed by atoms with Gasteiger partial charge >= 0.3 is 5.97 Å². The fraction of sp³-hybridized carbons (Fsp3) is 0.125. The number of nitriles is 1. The van der Waals surface area contributed by atoms with Crippen LogP contribution in [0, 0.1) is 23.0 Å².